The van der Waals surface area contributed by atoms with Gasteiger partial charge in [0.15, 0.2) is 18.0 Å². The summed E-state index contributed by atoms with van der Waals surface area (Å²) in [6, 6.07) is -4.41. The van der Waals surface area contributed by atoms with Gasteiger partial charge in [-0.1, -0.05) is 25.9 Å². The maximum absolute atomic E-state index is 15.3. The Morgan fingerprint density at radius 3 is 2.36 bits per heavy atom. The SMILES string of the molecule is CC[C@@H](O)[C@@]1(C)OC(=O)N(CCCCN=[N+]=[N-])[C@@H]1[C@H](NC[C@H](C)C[C@@](C)(OC)[C@H](O[C@@H]1O[C@H](C)C[C@H](N(C)C)[C@H]1OC(=O)OC)[C@@H](C)C1=C(C)C(=O)OC(C)(C)O1)C(F)(F)F. The van der Waals surface area contributed by atoms with Gasteiger partial charge in [-0.3, -0.25) is 4.90 Å². The summed E-state index contributed by atoms with van der Waals surface area (Å²) in [6.07, 6.45) is -11.0. The van der Waals surface area contributed by atoms with Crippen LogP contribution in [0.3, 0.4) is 0 Å². The lowest BCUT2D eigenvalue weighted by atomic mass is 9.80. The molecule has 0 aromatic rings. The number of nitrogens with zero attached hydrogens (tertiary/aromatic N) is 5. The van der Waals surface area contributed by atoms with Crippen molar-refractivity contribution in [1.29, 1.82) is 0 Å². The number of azide groups is 1. The summed E-state index contributed by atoms with van der Waals surface area (Å²) in [5.41, 5.74) is 5.50. The second-order valence-corrected chi connectivity index (χ2v) is 17.4. The zero-order chi connectivity index (χ0) is 46.2. The fraction of sp³-hybridized carbons (Fsp3) is 0.875. The lowest BCUT2D eigenvalue weighted by Gasteiger charge is -2.48. The molecule has 0 saturated carbocycles. The van der Waals surface area contributed by atoms with Crippen molar-refractivity contribution in [3.8, 4) is 0 Å². The molecule has 3 aliphatic rings. The van der Waals surface area contributed by atoms with E-state index in [4.69, 9.17) is 43.4 Å². The minimum atomic E-state index is -4.92. The molecule has 3 rings (SSSR count). The molecule has 18 nitrogen and oxygen atoms in total. The van der Waals surface area contributed by atoms with Crippen molar-refractivity contribution in [2.45, 2.75) is 166 Å². The van der Waals surface area contributed by atoms with E-state index in [1.165, 1.54) is 21.1 Å². The average Bonchev–Trinajstić information content (AvgIpc) is 3.43. The Kier molecular flexibility index (Phi) is 18.0. The second-order valence-electron chi connectivity index (χ2n) is 17.4. The minimum Gasteiger partial charge on any atom is -0.456 e. The first-order valence-electron chi connectivity index (χ1n) is 20.7. The number of rotatable bonds is 21. The number of aliphatic hydroxyl groups is 1. The van der Waals surface area contributed by atoms with Gasteiger partial charge in [-0.25, -0.2) is 14.4 Å². The van der Waals surface area contributed by atoms with Gasteiger partial charge in [-0.15, -0.1) is 0 Å². The van der Waals surface area contributed by atoms with E-state index in [2.05, 4.69) is 15.3 Å². The van der Waals surface area contributed by atoms with Gasteiger partial charge in [0.1, 0.15) is 17.8 Å². The molecule has 3 heterocycles. The third-order valence-corrected chi connectivity index (χ3v) is 11.8. The van der Waals surface area contributed by atoms with Gasteiger partial charge >= 0.3 is 24.4 Å². The maximum atomic E-state index is 15.3. The van der Waals surface area contributed by atoms with Crippen LogP contribution >= 0.6 is 0 Å². The number of cyclic esters (lactones) is 2. The molecule has 0 unspecified atom stereocenters. The standard InChI is InChI=1S/C40H67F3N6O12/c1-14-27(50)39(9)31(49(35(52)61-39)18-16-15-17-46-47-44)30(40(41,42)43)45-21-22(2)20-38(8,55-13)32(24(4)28-25(5)33(51)60-37(6,7)59-28)58-34-29(57-36(53)54-12)26(48(10)11)19-23(3)56-34/h22-24,26-27,29-32,34,45,50H,14-21H2,1-13H3/t22-,23-,24+,26+,27-,29-,30+,31-,32-,34+,38-,39-/m1/s1. The topological polar surface area (TPSA) is 213 Å². The number of nitrogens with one attached hydrogen (secondary N) is 1. The van der Waals surface area contributed by atoms with Crippen LogP contribution in [0.4, 0.5) is 22.8 Å². The van der Waals surface area contributed by atoms with E-state index in [-0.39, 0.29) is 56.3 Å². The zero-order valence-corrected chi connectivity index (χ0v) is 37.7. The molecule has 0 aromatic carbocycles. The summed E-state index contributed by atoms with van der Waals surface area (Å²) in [5.74, 6) is -3.13. The number of halogens is 3. The zero-order valence-electron chi connectivity index (χ0n) is 37.7. The van der Waals surface area contributed by atoms with E-state index >= 15 is 13.2 Å². The summed E-state index contributed by atoms with van der Waals surface area (Å²) in [4.78, 5) is 44.4. The van der Waals surface area contributed by atoms with Crippen LogP contribution < -0.4 is 5.32 Å². The largest absolute Gasteiger partial charge is 0.508 e. The van der Waals surface area contributed by atoms with Crippen molar-refractivity contribution in [3.63, 3.8) is 0 Å². The number of likely N-dealkylation sites (N-methyl/N-ethyl adjacent to an activating group) is 1. The Bertz CT molecular complexity index is 1600. The third kappa shape index (κ3) is 12.5. The first kappa shape index (κ1) is 51.8. The van der Waals surface area contributed by atoms with Crippen molar-refractivity contribution in [3.05, 3.63) is 21.8 Å². The molecular weight excluding hydrogens is 813 g/mol. The molecule has 61 heavy (non-hydrogen) atoms. The second kappa shape index (κ2) is 21.2. The van der Waals surface area contributed by atoms with Crippen LogP contribution in [-0.4, -0.2) is 153 Å². The highest BCUT2D eigenvalue weighted by Crippen LogP contribution is 2.43. The molecule has 2 N–H and O–H groups in total. The van der Waals surface area contributed by atoms with E-state index in [9.17, 15) is 19.5 Å². The molecule has 0 radical (unpaired) electrons. The van der Waals surface area contributed by atoms with Crippen LogP contribution in [0.25, 0.3) is 10.4 Å². The summed E-state index contributed by atoms with van der Waals surface area (Å²) in [7, 11) is 6.24. The normalized spacial score (nSPS) is 29.0. The quantitative estimate of drug-likeness (QED) is 0.0328. The molecule has 21 heteroatoms. The smallest absolute Gasteiger partial charge is 0.456 e. The number of esters is 1. The molecule has 3 aliphatic heterocycles. The molecule has 0 spiro atoms. The number of hydrogen-bond donors (Lipinski definition) is 2. The minimum absolute atomic E-state index is 0.0105. The maximum Gasteiger partial charge on any atom is 0.508 e. The summed E-state index contributed by atoms with van der Waals surface area (Å²) < 4.78 is 93.0. The summed E-state index contributed by atoms with van der Waals surface area (Å²) in [6.45, 7) is 14.3. The Labute approximate surface area is 356 Å². The van der Waals surface area contributed by atoms with Crippen molar-refractivity contribution in [2.75, 3.05) is 47.9 Å². The molecular formula is C40H67F3N6O12. The van der Waals surface area contributed by atoms with Crippen LogP contribution in [0.5, 0.6) is 0 Å². The molecule has 2 fully saturated rings. The van der Waals surface area contributed by atoms with Crippen molar-refractivity contribution < 1.29 is 70.6 Å². The lowest BCUT2D eigenvalue weighted by molar-refractivity contribution is -0.299. The highest BCUT2D eigenvalue weighted by atomic mass is 19.4. The van der Waals surface area contributed by atoms with Crippen LogP contribution in [0.1, 0.15) is 94.4 Å². The monoisotopic (exact) mass is 880 g/mol. The molecule has 1 amide bonds. The number of hydrogen-bond acceptors (Lipinski definition) is 15. The summed E-state index contributed by atoms with van der Waals surface area (Å²) >= 11 is 0. The molecule has 0 aromatic heterocycles. The number of unbranched alkanes of at least 4 members (excludes halogenated alkanes) is 1. The first-order chi connectivity index (χ1) is 28.3. The van der Waals surface area contributed by atoms with Crippen LogP contribution in [0, 0.1) is 11.8 Å². The van der Waals surface area contributed by atoms with Crippen LogP contribution in [0.15, 0.2) is 16.4 Å². The predicted octanol–water partition coefficient (Wildman–Crippen LogP) is 6.20. The lowest BCUT2D eigenvalue weighted by Crippen LogP contribution is -2.65. The van der Waals surface area contributed by atoms with E-state index < -0.39 is 95.9 Å². The highest BCUT2D eigenvalue weighted by molar-refractivity contribution is 5.89. The number of carbonyl (C=O) groups excluding carboxylic acids is 3. The Morgan fingerprint density at radius 2 is 1.80 bits per heavy atom. The van der Waals surface area contributed by atoms with Crippen molar-refractivity contribution in [2.24, 2.45) is 17.0 Å². The van der Waals surface area contributed by atoms with Gasteiger partial charge in [0, 0.05) is 44.9 Å². The first-order valence-corrected chi connectivity index (χ1v) is 20.7. The van der Waals surface area contributed by atoms with Crippen molar-refractivity contribution >= 4 is 18.2 Å². The van der Waals surface area contributed by atoms with Gasteiger partial charge in [-0.05, 0) is 91.9 Å². The molecule has 2 saturated heterocycles. The number of alkyl halides is 3. The molecule has 12 atom stereocenters. The van der Waals surface area contributed by atoms with Gasteiger partial charge in [0.25, 0.3) is 0 Å². The van der Waals surface area contributed by atoms with E-state index in [1.807, 2.05) is 25.9 Å². The van der Waals surface area contributed by atoms with Crippen molar-refractivity contribution in [1.82, 2.24) is 15.1 Å². The molecule has 0 bridgehead atoms. The fourth-order valence-electron chi connectivity index (χ4n) is 8.66. The Balaban J connectivity index is 2.06. The van der Waals surface area contributed by atoms with E-state index in [0.717, 1.165) is 4.90 Å². The Hall–Kier alpha value is -3.59. The van der Waals surface area contributed by atoms with E-state index in [1.54, 1.807) is 48.5 Å². The number of carbonyl (C=O) groups is 3. The predicted molar refractivity (Wildman–Crippen MR) is 214 cm³/mol. The summed E-state index contributed by atoms with van der Waals surface area (Å²) in [5, 5.41) is 17.2. The Morgan fingerprint density at radius 1 is 1.15 bits per heavy atom. The highest BCUT2D eigenvalue weighted by Gasteiger charge is 2.63. The fourth-order valence-corrected chi connectivity index (χ4v) is 8.66. The molecule has 0 aliphatic carbocycles. The van der Waals surface area contributed by atoms with Gasteiger partial charge in [0.05, 0.1) is 42.6 Å². The van der Waals surface area contributed by atoms with Crippen LogP contribution in [-0.2, 0) is 42.7 Å². The van der Waals surface area contributed by atoms with E-state index in [0.29, 0.717) is 12.8 Å². The number of amides is 1. The average molecular weight is 881 g/mol. The molecule has 350 valence electrons. The number of aliphatic hydroxyl groups excluding tert-OH is 1. The van der Waals surface area contributed by atoms with Gasteiger partial charge in [0.2, 0.25) is 5.79 Å². The third-order valence-electron chi connectivity index (χ3n) is 11.8. The number of methoxy groups -OCH3 is 2. The van der Waals surface area contributed by atoms with Gasteiger partial charge in [-0.2, -0.15) is 13.2 Å². The van der Waals surface area contributed by atoms with Gasteiger partial charge < -0.3 is 53.2 Å². The van der Waals surface area contributed by atoms with Crippen LogP contribution in [0.2, 0.25) is 0 Å². The number of ether oxygens (including phenoxy) is 8.